The Kier molecular flexibility index (Phi) is 5.13. The van der Waals surface area contributed by atoms with Crippen LogP contribution in [0, 0.1) is 17.7 Å². The van der Waals surface area contributed by atoms with Crippen LogP contribution >= 0.6 is 0 Å². The molecule has 2 amide bonds. The van der Waals surface area contributed by atoms with Gasteiger partial charge in [0.2, 0.25) is 0 Å². The van der Waals surface area contributed by atoms with Gasteiger partial charge in [0.05, 0.1) is 5.69 Å². The van der Waals surface area contributed by atoms with Crippen molar-refractivity contribution in [1.82, 2.24) is 4.90 Å². The summed E-state index contributed by atoms with van der Waals surface area (Å²) >= 11 is 0. The zero-order valence-corrected chi connectivity index (χ0v) is 13.0. The van der Waals surface area contributed by atoms with E-state index in [1.54, 1.807) is 4.90 Å². The Morgan fingerprint density at radius 2 is 2.17 bits per heavy atom. The van der Waals surface area contributed by atoms with Gasteiger partial charge in [0, 0.05) is 32.4 Å². The molecular formula is C16H19F3N2O3. The number of hydrogen-bond acceptors (Lipinski definition) is 3. The smallest absolute Gasteiger partial charge is 0.387 e. The Morgan fingerprint density at radius 3 is 2.88 bits per heavy atom. The number of hydrogen-bond donors (Lipinski definition) is 1. The molecule has 24 heavy (non-hydrogen) atoms. The maximum absolute atomic E-state index is 13.4. The number of carbonyl (C=O) groups excluding carboxylic acids is 1. The van der Waals surface area contributed by atoms with E-state index in [2.05, 4.69) is 10.1 Å². The van der Waals surface area contributed by atoms with E-state index in [4.69, 9.17) is 4.74 Å². The highest BCUT2D eigenvalue weighted by Gasteiger charge is 2.34. The van der Waals surface area contributed by atoms with Crippen LogP contribution in [0.4, 0.5) is 23.7 Å². The van der Waals surface area contributed by atoms with Crippen molar-refractivity contribution >= 4 is 11.7 Å². The molecule has 2 atom stereocenters. The Balaban J connectivity index is 1.63. The predicted octanol–water partition coefficient (Wildman–Crippen LogP) is 3.32. The van der Waals surface area contributed by atoms with E-state index in [9.17, 15) is 18.0 Å². The fraction of sp³-hybridized carbons (Fsp3) is 0.562. The number of nitrogens with one attached hydrogen (secondary N) is 1. The highest BCUT2D eigenvalue weighted by molar-refractivity contribution is 5.91. The van der Waals surface area contributed by atoms with Crippen molar-refractivity contribution in [2.45, 2.75) is 19.5 Å². The minimum absolute atomic E-state index is 0.104. The Labute approximate surface area is 137 Å². The number of carbonyl (C=O) groups is 1. The largest absolute Gasteiger partial charge is 0.433 e. The topological polar surface area (TPSA) is 50.8 Å². The van der Waals surface area contributed by atoms with Crippen LogP contribution in [0.15, 0.2) is 18.2 Å². The van der Waals surface area contributed by atoms with E-state index in [-0.39, 0.29) is 11.4 Å². The van der Waals surface area contributed by atoms with E-state index in [1.165, 1.54) is 0 Å². The third kappa shape index (κ3) is 3.92. The number of rotatable bonds is 4. The molecule has 3 rings (SSSR count). The summed E-state index contributed by atoms with van der Waals surface area (Å²) in [4.78, 5) is 14.0. The molecule has 0 radical (unpaired) electrons. The molecule has 0 aromatic heterocycles. The number of halogens is 3. The van der Waals surface area contributed by atoms with Gasteiger partial charge in [-0.3, -0.25) is 0 Å². The van der Waals surface area contributed by atoms with Gasteiger partial charge >= 0.3 is 12.6 Å². The Hall–Kier alpha value is -1.96. The van der Waals surface area contributed by atoms with Gasteiger partial charge in [-0.1, -0.05) is 0 Å². The molecule has 2 saturated heterocycles. The lowest BCUT2D eigenvalue weighted by molar-refractivity contribution is -0.0494. The lowest BCUT2D eigenvalue weighted by atomic mass is 9.91. The third-order valence-corrected chi connectivity index (χ3v) is 4.54. The summed E-state index contributed by atoms with van der Waals surface area (Å²) in [6.07, 6.45) is 1.88. The first-order chi connectivity index (χ1) is 11.5. The molecule has 2 unspecified atom stereocenters. The monoisotopic (exact) mass is 344 g/mol. The van der Waals surface area contributed by atoms with Gasteiger partial charge in [-0.25, -0.2) is 9.18 Å². The standard InChI is InChI=1S/C16H19F3N2O3/c17-12-1-2-14(24-15(18)19)13(7-12)20-16(22)21-5-3-10(8-21)11-4-6-23-9-11/h1-2,7,10-11,15H,3-6,8-9H2,(H,20,22). The number of benzene rings is 1. The van der Waals surface area contributed by atoms with E-state index in [1.807, 2.05) is 0 Å². The summed E-state index contributed by atoms with van der Waals surface area (Å²) in [5.41, 5.74) is -0.104. The number of alkyl halides is 2. The van der Waals surface area contributed by atoms with E-state index < -0.39 is 18.5 Å². The lowest BCUT2D eigenvalue weighted by Crippen LogP contribution is -2.34. The zero-order valence-electron chi connectivity index (χ0n) is 13.0. The van der Waals surface area contributed by atoms with E-state index in [0.29, 0.717) is 24.9 Å². The summed E-state index contributed by atoms with van der Waals surface area (Å²) in [6.45, 7) is -0.417. The molecule has 2 heterocycles. The summed E-state index contributed by atoms with van der Waals surface area (Å²) in [5, 5.41) is 2.47. The van der Waals surface area contributed by atoms with Crippen molar-refractivity contribution < 1.29 is 27.4 Å². The van der Waals surface area contributed by atoms with Gasteiger partial charge in [0.1, 0.15) is 11.6 Å². The first-order valence-corrected chi connectivity index (χ1v) is 7.91. The first-order valence-electron chi connectivity index (χ1n) is 7.91. The highest BCUT2D eigenvalue weighted by atomic mass is 19.3. The predicted molar refractivity (Wildman–Crippen MR) is 80.7 cm³/mol. The van der Waals surface area contributed by atoms with Crippen LogP contribution in [0.3, 0.4) is 0 Å². The van der Waals surface area contributed by atoms with Crippen molar-refractivity contribution in [3.63, 3.8) is 0 Å². The SMILES string of the molecule is O=C(Nc1cc(F)ccc1OC(F)F)N1CCC(C2CCOC2)C1. The van der Waals surface area contributed by atoms with Gasteiger partial charge in [0.25, 0.3) is 0 Å². The number of urea groups is 1. The number of nitrogens with zero attached hydrogens (tertiary/aromatic N) is 1. The number of anilines is 1. The second-order valence-electron chi connectivity index (χ2n) is 6.07. The van der Waals surface area contributed by atoms with Crippen LogP contribution < -0.4 is 10.1 Å². The summed E-state index contributed by atoms with van der Waals surface area (Å²) in [7, 11) is 0. The van der Waals surface area contributed by atoms with Crippen LogP contribution in [0.25, 0.3) is 0 Å². The molecule has 0 bridgehead atoms. The van der Waals surface area contributed by atoms with Crippen molar-refractivity contribution in [3.8, 4) is 5.75 Å². The minimum Gasteiger partial charge on any atom is -0.433 e. The number of ether oxygens (including phenoxy) is 2. The summed E-state index contributed by atoms with van der Waals surface area (Å²) in [5.74, 6) is -0.0775. The van der Waals surface area contributed by atoms with Crippen molar-refractivity contribution in [2.75, 3.05) is 31.6 Å². The molecule has 132 valence electrons. The van der Waals surface area contributed by atoms with Gasteiger partial charge < -0.3 is 19.7 Å². The quantitative estimate of drug-likeness (QED) is 0.912. The summed E-state index contributed by atoms with van der Waals surface area (Å²) < 4.78 is 47.9. The van der Waals surface area contributed by atoms with Crippen molar-refractivity contribution in [1.29, 1.82) is 0 Å². The molecule has 5 nitrogen and oxygen atoms in total. The number of likely N-dealkylation sites (tertiary alicyclic amines) is 1. The second kappa shape index (κ2) is 7.29. The van der Waals surface area contributed by atoms with Crippen molar-refractivity contribution in [3.05, 3.63) is 24.0 Å². The van der Waals surface area contributed by atoms with Crippen LogP contribution in [-0.2, 0) is 4.74 Å². The van der Waals surface area contributed by atoms with Crippen LogP contribution in [0.5, 0.6) is 5.75 Å². The average molecular weight is 344 g/mol. The summed E-state index contributed by atoms with van der Waals surface area (Å²) in [6, 6.07) is 2.59. The second-order valence-corrected chi connectivity index (χ2v) is 6.07. The van der Waals surface area contributed by atoms with Crippen LogP contribution in [0.2, 0.25) is 0 Å². The minimum atomic E-state index is -3.05. The molecule has 1 aromatic rings. The lowest BCUT2D eigenvalue weighted by Gasteiger charge is -2.20. The Morgan fingerprint density at radius 1 is 1.33 bits per heavy atom. The van der Waals surface area contributed by atoms with Gasteiger partial charge in [0.15, 0.2) is 0 Å². The molecule has 0 spiro atoms. The van der Waals surface area contributed by atoms with E-state index >= 15 is 0 Å². The van der Waals surface area contributed by atoms with Crippen LogP contribution in [-0.4, -0.2) is 43.8 Å². The van der Waals surface area contributed by atoms with Crippen molar-refractivity contribution in [2.24, 2.45) is 11.8 Å². The van der Waals surface area contributed by atoms with Crippen LogP contribution in [0.1, 0.15) is 12.8 Å². The normalized spacial score (nSPS) is 23.8. The molecule has 2 aliphatic heterocycles. The number of amides is 2. The molecule has 1 N–H and O–H groups in total. The maximum Gasteiger partial charge on any atom is 0.387 e. The third-order valence-electron chi connectivity index (χ3n) is 4.54. The Bertz CT molecular complexity index is 594. The molecule has 1 aromatic carbocycles. The fourth-order valence-electron chi connectivity index (χ4n) is 3.27. The molecule has 0 aliphatic carbocycles. The molecule has 0 saturated carbocycles. The molecule has 2 fully saturated rings. The molecule has 8 heteroatoms. The maximum atomic E-state index is 13.4. The van der Waals surface area contributed by atoms with Gasteiger partial charge in [-0.2, -0.15) is 8.78 Å². The van der Waals surface area contributed by atoms with Gasteiger partial charge in [-0.05, 0) is 36.8 Å². The zero-order chi connectivity index (χ0) is 17.1. The highest BCUT2D eigenvalue weighted by Crippen LogP contribution is 2.31. The van der Waals surface area contributed by atoms with Gasteiger partial charge in [-0.15, -0.1) is 0 Å². The fourth-order valence-corrected chi connectivity index (χ4v) is 3.27. The molecular weight excluding hydrogens is 325 g/mol. The first kappa shape index (κ1) is 16.9. The van der Waals surface area contributed by atoms with E-state index in [0.717, 1.165) is 44.3 Å². The molecule has 2 aliphatic rings. The average Bonchev–Trinajstić information content (AvgIpc) is 3.19.